The molecule has 1 heterocycles. The van der Waals surface area contributed by atoms with Gasteiger partial charge in [-0.1, -0.05) is 26.7 Å². The van der Waals surface area contributed by atoms with Crippen LogP contribution in [0.4, 0.5) is 0 Å². The van der Waals surface area contributed by atoms with Gasteiger partial charge in [0.05, 0.1) is 15.9 Å². The molecule has 10 heteroatoms. The molecule has 0 saturated heterocycles. The molecule has 9 nitrogen and oxygen atoms in total. The van der Waals surface area contributed by atoms with Crippen LogP contribution in [0.2, 0.25) is 0 Å². The Morgan fingerprint density at radius 2 is 1.76 bits per heavy atom. The first-order chi connectivity index (χ1) is 16.3. The number of carbonyl (C=O) groups excluding carboxylic acids is 2. The zero-order valence-electron chi connectivity index (χ0n) is 20.5. The number of hydrogen-bond acceptors (Lipinski definition) is 5. The lowest BCUT2D eigenvalue weighted by atomic mass is 10.1. The Morgan fingerprint density at radius 1 is 1.09 bits per heavy atom. The summed E-state index contributed by atoms with van der Waals surface area (Å²) in [6.07, 6.45) is 4.86. The van der Waals surface area contributed by atoms with Crippen LogP contribution in [0.3, 0.4) is 0 Å². The van der Waals surface area contributed by atoms with Gasteiger partial charge in [0.25, 0.3) is 0 Å². The number of aryl methyl sites for hydroxylation is 2. The Balaban J connectivity index is 1.58. The van der Waals surface area contributed by atoms with Crippen LogP contribution in [0.25, 0.3) is 11.0 Å². The van der Waals surface area contributed by atoms with E-state index in [2.05, 4.69) is 15.6 Å². The molecule has 0 unspecified atom stereocenters. The van der Waals surface area contributed by atoms with E-state index in [0.29, 0.717) is 44.7 Å². The molecule has 1 aromatic carbocycles. The maximum Gasteiger partial charge on any atom is 0.243 e. The predicted octanol–water partition coefficient (Wildman–Crippen LogP) is 2.44. The lowest BCUT2D eigenvalue weighted by molar-refractivity contribution is -0.125. The van der Waals surface area contributed by atoms with Crippen LogP contribution in [0.5, 0.6) is 0 Å². The van der Waals surface area contributed by atoms with Gasteiger partial charge in [-0.2, -0.15) is 4.31 Å². The smallest absolute Gasteiger partial charge is 0.243 e. The van der Waals surface area contributed by atoms with Crippen molar-refractivity contribution in [3.63, 3.8) is 0 Å². The van der Waals surface area contributed by atoms with E-state index in [4.69, 9.17) is 0 Å². The number of carbonyl (C=O) groups is 2. The highest BCUT2D eigenvalue weighted by atomic mass is 32.2. The maximum atomic E-state index is 12.9. The van der Waals surface area contributed by atoms with Gasteiger partial charge < -0.3 is 15.2 Å². The summed E-state index contributed by atoms with van der Waals surface area (Å²) in [5.41, 5.74) is 1.46. The normalized spacial score (nSPS) is 14.7. The van der Waals surface area contributed by atoms with Gasteiger partial charge in [-0.3, -0.25) is 9.59 Å². The van der Waals surface area contributed by atoms with Crippen molar-refractivity contribution in [2.24, 2.45) is 5.92 Å². The van der Waals surface area contributed by atoms with Crippen LogP contribution in [0.15, 0.2) is 23.1 Å². The van der Waals surface area contributed by atoms with Crippen LogP contribution >= 0.6 is 0 Å². The first kappa shape index (κ1) is 26.2. The Kier molecular flexibility index (Phi) is 9.07. The first-order valence-corrected chi connectivity index (χ1v) is 13.8. The third-order valence-electron chi connectivity index (χ3n) is 6.51. The number of aromatic nitrogens is 2. The van der Waals surface area contributed by atoms with E-state index in [9.17, 15) is 18.0 Å². The number of nitrogens with zero attached hydrogens (tertiary/aromatic N) is 3. The molecule has 0 atom stereocenters. The van der Waals surface area contributed by atoms with Gasteiger partial charge in [0.15, 0.2) is 0 Å². The summed E-state index contributed by atoms with van der Waals surface area (Å²) in [5.74, 6) is 0.861. The lowest BCUT2D eigenvalue weighted by Gasteiger charge is -2.18. The van der Waals surface area contributed by atoms with Crippen molar-refractivity contribution in [3.8, 4) is 0 Å². The Bertz CT molecular complexity index is 1100. The number of sulfonamides is 1. The fourth-order valence-corrected chi connectivity index (χ4v) is 6.09. The van der Waals surface area contributed by atoms with Gasteiger partial charge in [0, 0.05) is 51.5 Å². The Hall–Kier alpha value is -2.46. The summed E-state index contributed by atoms with van der Waals surface area (Å²) < 4.78 is 29.2. The van der Waals surface area contributed by atoms with E-state index in [1.165, 1.54) is 4.31 Å². The van der Waals surface area contributed by atoms with Gasteiger partial charge in [0.2, 0.25) is 21.8 Å². The zero-order chi connectivity index (χ0) is 24.7. The summed E-state index contributed by atoms with van der Waals surface area (Å²) >= 11 is 0. The molecule has 1 aromatic heterocycles. The minimum atomic E-state index is -3.56. The highest BCUT2D eigenvalue weighted by Gasteiger charge is 2.23. The second kappa shape index (κ2) is 11.8. The molecule has 0 bridgehead atoms. The van der Waals surface area contributed by atoms with Crippen molar-refractivity contribution >= 4 is 32.9 Å². The van der Waals surface area contributed by atoms with E-state index in [-0.39, 0.29) is 29.0 Å². The lowest BCUT2D eigenvalue weighted by Crippen LogP contribution is -2.37. The van der Waals surface area contributed by atoms with Crippen molar-refractivity contribution in [1.82, 2.24) is 24.5 Å². The Morgan fingerprint density at radius 3 is 2.41 bits per heavy atom. The number of imidazole rings is 1. The molecule has 1 saturated carbocycles. The van der Waals surface area contributed by atoms with Crippen molar-refractivity contribution in [2.75, 3.05) is 26.2 Å². The van der Waals surface area contributed by atoms with E-state index in [1.807, 2.05) is 25.3 Å². The molecule has 1 aliphatic carbocycles. The third kappa shape index (κ3) is 5.96. The summed E-state index contributed by atoms with van der Waals surface area (Å²) in [6, 6.07) is 5.03. The van der Waals surface area contributed by atoms with E-state index >= 15 is 0 Å². The molecule has 0 spiro atoms. The van der Waals surface area contributed by atoms with Gasteiger partial charge in [-0.15, -0.1) is 0 Å². The molecule has 2 amide bonds. The fraction of sp³-hybridized carbons (Fsp3) is 0.625. The number of hydrogen-bond donors (Lipinski definition) is 2. The predicted molar refractivity (Wildman–Crippen MR) is 132 cm³/mol. The average molecular weight is 492 g/mol. The minimum Gasteiger partial charge on any atom is -0.354 e. The summed E-state index contributed by atoms with van der Waals surface area (Å²) in [7, 11) is -3.56. The highest BCUT2D eigenvalue weighted by Crippen LogP contribution is 2.25. The number of nitrogens with one attached hydrogen (secondary N) is 2. The van der Waals surface area contributed by atoms with Gasteiger partial charge in [0.1, 0.15) is 5.82 Å². The van der Waals surface area contributed by atoms with Gasteiger partial charge >= 0.3 is 0 Å². The Labute approximate surface area is 202 Å². The molecule has 1 aliphatic rings. The molecule has 34 heavy (non-hydrogen) atoms. The summed E-state index contributed by atoms with van der Waals surface area (Å²) in [4.78, 5) is 29.2. The van der Waals surface area contributed by atoms with Crippen LogP contribution < -0.4 is 10.6 Å². The van der Waals surface area contributed by atoms with Crippen LogP contribution in [0.1, 0.15) is 58.7 Å². The molecular formula is C24H37N5O4S. The molecule has 2 N–H and O–H groups in total. The van der Waals surface area contributed by atoms with Crippen molar-refractivity contribution in [1.29, 1.82) is 0 Å². The topological polar surface area (TPSA) is 113 Å². The van der Waals surface area contributed by atoms with Crippen molar-refractivity contribution in [3.05, 3.63) is 24.0 Å². The highest BCUT2D eigenvalue weighted by molar-refractivity contribution is 7.89. The quantitative estimate of drug-likeness (QED) is 0.443. The maximum absolute atomic E-state index is 12.9. The van der Waals surface area contributed by atoms with Crippen LogP contribution in [-0.2, 0) is 32.6 Å². The van der Waals surface area contributed by atoms with Crippen LogP contribution in [0, 0.1) is 5.92 Å². The third-order valence-corrected chi connectivity index (χ3v) is 8.55. The zero-order valence-corrected chi connectivity index (χ0v) is 21.3. The first-order valence-electron chi connectivity index (χ1n) is 12.4. The minimum absolute atomic E-state index is 0.0887. The van der Waals surface area contributed by atoms with Crippen molar-refractivity contribution in [2.45, 2.75) is 70.7 Å². The second-order valence-electron chi connectivity index (χ2n) is 8.63. The van der Waals surface area contributed by atoms with Crippen molar-refractivity contribution < 1.29 is 18.0 Å². The molecule has 1 fully saturated rings. The summed E-state index contributed by atoms with van der Waals surface area (Å²) in [6.45, 7) is 7.94. The molecule has 188 valence electrons. The number of fused-ring (bicyclic) bond motifs is 1. The molecule has 2 aromatic rings. The van der Waals surface area contributed by atoms with Gasteiger partial charge in [-0.05, 0) is 38.0 Å². The van der Waals surface area contributed by atoms with Gasteiger partial charge in [-0.25, -0.2) is 13.4 Å². The van der Waals surface area contributed by atoms with E-state index < -0.39 is 10.0 Å². The monoisotopic (exact) mass is 491 g/mol. The number of amides is 2. The average Bonchev–Trinajstić information content (AvgIpc) is 3.48. The molecule has 0 radical (unpaired) electrons. The number of rotatable bonds is 12. The van der Waals surface area contributed by atoms with E-state index in [1.54, 1.807) is 18.2 Å². The number of benzene rings is 1. The van der Waals surface area contributed by atoms with Crippen LogP contribution in [-0.4, -0.2) is 60.3 Å². The molecule has 3 rings (SSSR count). The molecular weight excluding hydrogens is 454 g/mol. The van der Waals surface area contributed by atoms with E-state index in [0.717, 1.165) is 37.0 Å². The fourth-order valence-electron chi connectivity index (χ4n) is 4.61. The standard InChI is InChI=1S/C24H37N5O4S/c1-4-28(5-2)34(32,33)19-11-12-21-20(17-19)27-22(29(21)6-3)13-14-23(30)25-15-16-26-24(31)18-9-7-8-10-18/h11-12,17-18H,4-10,13-16H2,1-3H3,(H,25,30)(H,26,31). The summed E-state index contributed by atoms with van der Waals surface area (Å²) in [5, 5.41) is 5.75. The SMILES string of the molecule is CCN(CC)S(=O)(=O)c1ccc2c(c1)nc(CCC(=O)NCCNC(=O)C1CCCC1)n2CC. The second-order valence-corrected chi connectivity index (χ2v) is 10.6. The largest absolute Gasteiger partial charge is 0.354 e. The molecule has 0 aliphatic heterocycles.